The van der Waals surface area contributed by atoms with Gasteiger partial charge in [-0.1, -0.05) is 60.7 Å². The molecule has 4 aromatic rings. The number of carbonyl (C=O) groups is 1. The number of ether oxygens (including phenoxy) is 2. The molecule has 0 bridgehead atoms. The third-order valence-corrected chi connectivity index (χ3v) is 5.09. The van der Waals surface area contributed by atoms with E-state index in [2.05, 4.69) is 0 Å². The average molecular weight is 426 g/mol. The standard InChI is InChI=1S/C27H22O5/c1-18-12-13-22-21(16-26(28)32-25(22)14-18)17-31-27(29)23(19-8-4-3-5-9-19)15-20-10-6-7-11-24(20)30-2/h3-16H,17H2,1-2H3. The first-order valence-electron chi connectivity index (χ1n) is 10.2. The van der Waals surface area contributed by atoms with Gasteiger partial charge >= 0.3 is 11.6 Å². The van der Waals surface area contributed by atoms with Gasteiger partial charge in [0.15, 0.2) is 0 Å². The first kappa shape index (κ1) is 21.1. The first-order valence-corrected chi connectivity index (χ1v) is 10.2. The molecule has 5 nitrogen and oxygen atoms in total. The number of aryl methyl sites for hydroxylation is 1. The molecular weight excluding hydrogens is 404 g/mol. The van der Waals surface area contributed by atoms with Gasteiger partial charge in [-0.2, -0.15) is 0 Å². The number of esters is 1. The Kier molecular flexibility index (Phi) is 6.17. The SMILES string of the molecule is COc1ccccc1C=C(C(=O)OCc1cc(=O)oc2cc(C)ccc12)c1ccccc1. The second-order valence-electron chi connectivity index (χ2n) is 7.33. The molecule has 0 saturated carbocycles. The molecule has 0 unspecified atom stereocenters. The Morgan fingerprint density at radius 2 is 1.72 bits per heavy atom. The van der Waals surface area contributed by atoms with Gasteiger partial charge in [-0.3, -0.25) is 0 Å². The van der Waals surface area contributed by atoms with Gasteiger partial charge in [0, 0.05) is 22.6 Å². The normalized spacial score (nSPS) is 11.4. The van der Waals surface area contributed by atoms with Crippen molar-refractivity contribution in [2.75, 3.05) is 7.11 Å². The molecular formula is C27H22O5. The molecule has 1 aromatic heterocycles. The number of rotatable bonds is 6. The fourth-order valence-electron chi connectivity index (χ4n) is 3.50. The van der Waals surface area contributed by atoms with Crippen LogP contribution < -0.4 is 10.4 Å². The maximum Gasteiger partial charge on any atom is 0.339 e. The van der Waals surface area contributed by atoms with E-state index >= 15 is 0 Å². The highest BCUT2D eigenvalue weighted by molar-refractivity contribution is 6.21. The van der Waals surface area contributed by atoms with Crippen molar-refractivity contribution < 1.29 is 18.7 Å². The molecule has 0 aliphatic heterocycles. The van der Waals surface area contributed by atoms with Crippen LogP contribution in [0.2, 0.25) is 0 Å². The van der Waals surface area contributed by atoms with Crippen LogP contribution >= 0.6 is 0 Å². The minimum Gasteiger partial charge on any atom is -0.496 e. The van der Waals surface area contributed by atoms with Gasteiger partial charge in [0.05, 0.1) is 12.7 Å². The monoisotopic (exact) mass is 426 g/mol. The number of carbonyl (C=O) groups excluding carboxylic acids is 1. The van der Waals surface area contributed by atoms with Gasteiger partial charge in [0.2, 0.25) is 0 Å². The third-order valence-electron chi connectivity index (χ3n) is 5.09. The smallest absolute Gasteiger partial charge is 0.339 e. The van der Waals surface area contributed by atoms with Gasteiger partial charge in [-0.05, 0) is 36.3 Å². The van der Waals surface area contributed by atoms with Crippen molar-refractivity contribution in [3.63, 3.8) is 0 Å². The first-order chi connectivity index (χ1) is 15.5. The summed E-state index contributed by atoms with van der Waals surface area (Å²) in [5, 5.41) is 0.734. The van der Waals surface area contributed by atoms with Gasteiger partial charge < -0.3 is 13.9 Å². The summed E-state index contributed by atoms with van der Waals surface area (Å²) in [7, 11) is 1.58. The second kappa shape index (κ2) is 9.35. The molecule has 0 fully saturated rings. The van der Waals surface area contributed by atoms with E-state index in [0.29, 0.717) is 22.5 Å². The predicted molar refractivity (Wildman–Crippen MR) is 124 cm³/mol. The van der Waals surface area contributed by atoms with Crippen LogP contribution in [0.1, 0.15) is 22.3 Å². The topological polar surface area (TPSA) is 65.7 Å². The van der Waals surface area contributed by atoms with Gasteiger partial charge in [0.1, 0.15) is 17.9 Å². The van der Waals surface area contributed by atoms with E-state index in [4.69, 9.17) is 13.9 Å². The molecule has 0 radical (unpaired) electrons. The van der Waals surface area contributed by atoms with E-state index < -0.39 is 11.6 Å². The zero-order valence-corrected chi connectivity index (χ0v) is 17.8. The molecule has 0 atom stereocenters. The fourth-order valence-corrected chi connectivity index (χ4v) is 3.50. The lowest BCUT2D eigenvalue weighted by Gasteiger charge is -2.11. The Bertz CT molecular complexity index is 1350. The summed E-state index contributed by atoms with van der Waals surface area (Å²) in [6, 6.07) is 23.7. The Morgan fingerprint density at radius 1 is 0.969 bits per heavy atom. The van der Waals surface area contributed by atoms with Crippen LogP contribution in [-0.4, -0.2) is 13.1 Å². The minimum absolute atomic E-state index is 0.0555. The Balaban J connectivity index is 1.68. The average Bonchev–Trinajstić information content (AvgIpc) is 2.81. The summed E-state index contributed by atoms with van der Waals surface area (Å²) < 4.78 is 16.4. The number of hydrogen-bond donors (Lipinski definition) is 0. The van der Waals surface area contributed by atoms with Crippen molar-refractivity contribution in [1.29, 1.82) is 0 Å². The number of fused-ring (bicyclic) bond motifs is 1. The lowest BCUT2D eigenvalue weighted by Crippen LogP contribution is -2.09. The van der Waals surface area contributed by atoms with Crippen molar-refractivity contribution in [1.82, 2.24) is 0 Å². The summed E-state index contributed by atoms with van der Waals surface area (Å²) >= 11 is 0. The molecule has 3 aromatic carbocycles. The fraction of sp³-hybridized carbons (Fsp3) is 0.111. The molecule has 0 N–H and O–H groups in total. The number of para-hydroxylation sites is 1. The molecule has 0 aliphatic rings. The molecule has 160 valence electrons. The van der Waals surface area contributed by atoms with Crippen LogP contribution in [-0.2, 0) is 16.1 Å². The van der Waals surface area contributed by atoms with E-state index in [1.165, 1.54) is 6.07 Å². The van der Waals surface area contributed by atoms with Crippen LogP contribution in [0.3, 0.4) is 0 Å². The summed E-state index contributed by atoms with van der Waals surface area (Å²) in [6.45, 7) is 1.86. The minimum atomic E-state index is -0.504. The number of methoxy groups -OCH3 is 1. The molecule has 0 amide bonds. The Hall–Kier alpha value is -4.12. The zero-order chi connectivity index (χ0) is 22.5. The molecule has 4 rings (SSSR count). The van der Waals surface area contributed by atoms with E-state index in [-0.39, 0.29) is 6.61 Å². The molecule has 0 saturated heterocycles. The van der Waals surface area contributed by atoms with Crippen molar-refractivity contribution in [2.24, 2.45) is 0 Å². The van der Waals surface area contributed by atoms with Crippen molar-refractivity contribution in [2.45, 2.75) is 13.5 Å². The zero-order valence-electron chi connectivity index (χ0n) is 17.8. The van der Waals surface area contributed by atoms with Gasteiger partial charge in [0.25, 0.3) is 0 Å². The summed E-state index contributed by atoms with van der Waals surface area (Å²) in [5.41, 5.74) is 3.41. The highest BCUT2D eigenvalue weighted by Crippen LogP contribution is 2.26. The lowest BCUT2D eigenvalue weighted by molar-refractivity contribution is -0.137. The largest absolute Gasteiger partial charge is 0.496 e. The summed E-state index contributed by atoms with van der Waals surface area (Å²) in [6.07, 6.45) is 1.75. The van der Waals surface area contributed by atoms with Crippen molar-refractivity contribution >= 4 is 28.6 Å². The quantitative estimate of drug-likeness (QED) is 0.179. The summed E-state index contributed by atoms with van der Waals surface area (Å²) in [5.74, 6) is 0.145. The molecule has 0 spiro atoms. The van der Waals surface area contributed by atoms with Gasteiger partial charge in [-0.15, -0.1) is 0 Å². The third kappa shape index (κ3) is 4.62. The van der Waals surface area contributed by atoms with Crippen LogP contribution in [0.5, 0.6) is 5.75 Å². The molecule has 0 aliphatic carbocycles. The second-order valence-corrected chi connectivity index (χ2v) is 7.33. The Morgan fingerprint density at radius 3 is 2.50 bits per heavy atom. The predicted octanol–water partition coefficient (Wildman–Crippen LogP) is 5.39. The molecule has 1 heterocycles. The van der Waals surface area contributed by atoms with Crippen LogP contribution in [0.15, 0.2) is 88.1 Å². The van der Waals surface area contributed by atoms with Crippen LogP contribution in [0.25, 0.3) is 22.6 Å². The highest BCUT2D eigenvalue weighted by atomic mass is 16.5. The number of hydrogen-bond acceptors (Lipinski definition) is 5. The number of benzene rings is 3. The Labute approximate surface area is 185 Å². The van der Waals surface area contributed by atoms with Crippen LogP contribution in [0, 0.1) is 6.92 Å². The summed E-state index contributed by atoms with van der Waals surface area (Å²) in [4.78, 5) is 25.2. The van der Waals surface area contributed by atoms with Crippen molar-refractivity contribution in [3.8, 4) is 5.75 Å². The van der Waals surface area contributed by atoms with E-state index in [9.17, 15) is 9.59 Å². The van der Waals surface area contributed by atoms with E-state index in [1.807, 2.05) is 73.7 Å². The van der Waals surface area contributed by atoms with Crippen LogP contribution in [0.4, 0.5) is 0 Å². The highest BCUT2D eigenvalue weighted by Gasteiger charge is 2.16. The maximum absolute atomic E-state index is 13.2. The van der Waals surface area contributed by atoms with E-state index in [0.717, 1.165) is 22.1 Å². The van der Waals surface area contributed by atoms with E-state index in [1.54, 1.807) is 19.3 Å². The van der Waals surface area contributed by atoms with Crippen molar-refractivity contribution in [3.05, 3.63) is 112 Å². The van der Waals surface area contributed by atoms with Gasteiger partial charge in [-0.25, -0.2) is 9.59 Å². The maximum atomic E-state index is 13.2. The lowest BCUT2D eigenvalue weighted by atomic mass is 10.0. The molecule has 32 heavy (non-hydrogen) atoms. The molecule has 5 heteroatoms.